The summed E-state index contributed by atoms with van der Waals surface area (Å²) in [5, 5.41) is 8.84. The number of piperidine rings is 2. The Morgan fingerprint density at radius 1 is 1.04 bits per heavy atom. The number of hydrogen-bond donors (Lipinski definition) is 3. The molecule has 0 aromatic carbocycles. The number of nitrogens with zero attached hydrogens (tertiary/aromatic N) is 2. The van der Waals surface area contributed by atoms with Gasteiger partial charge in [0.25, 0.3) is 5.91 Å². The molecule has 4 amide bonds. The molecule has 0 aromatic rings. The van der Waals surface area contributed by atoms with Gasteiger partial charge in [-0.1, -0.05) is 0 Å². The summed E-state index contributed by atoms with van der Waals surface area (Å²) < 4.78 is 5.45. The van der Waals surface area contributed by atoms with Gasteiger partial charge in [0.2, 0.25) is 0 Å². The lowest BCUT2D eigenvalue weighted by Gasteiger charge is -2.37. The van der Waals surface area contributed by atoms with E-state index in [0.717, 1.165) is 32.1 Å². The number of amides is 4. The van der Waals surface area contributed by atoms with Crippen LogP contribution in [0.5, 0.6) is 0 Å². The Morgan fingerprint density at radius 2 is 1.68 bits per heavy atom. The minimum Gasteiger partial charge on any atom is -0.444 e. The van der Waals surface area contributed by atoms with Crippen molar-refractivity contribution in [2.75, 3.05) is 19.7 Å². The van der Waals surface area contributed by atoms with E-state index >= 15 is 0 Å². The second-order valence-corrected chi connectivity index (χ2v) is 8.22. The van der Waals surface area contributed by atoms with Crippen LogP contribution in [0.15, 0.2) is 0 Å². The second-order valence-electron chi connectivity index (χ2n) is 8.22. The minimum atomic E-state index is -0.705. The zero-order valence-electron chi connectivity index (χ0n) is 16.9. The van der Waals surface area contributed by atoms with Crippen molar-refractivity contribution in [3.63, 3.8) is 0 Å². The van der Waals surface area contributed by atoms with E-state index < -0.39 is 23.6 Å². The number of hydroxylamine groups is 2. The van der Waals surface area contributed by atoms with Gasteiger partial charge in [-0.15, -0.1) is 0 Å². The van der Waals surface area contributed by atoms with Crippen molar-refractivity contribution >= 4 is 18.0 Å². The minimum absolute atomic E-state index is 0.143. The van der Waals surface area contributed by atoms with E-state index in [0.29, 0.717) is 19.5 Å². The molecule has 2 heterocycles. The van der Waals surface area contributed by atoms with E-state index in [1.165, 1.54) is 4.90 Å². The van der Waals surface area contributed by atoms with Crippen molar-refractivity contribution in [1.82, 2.24) is 20.8 Å². The molecule has 0 aromatic heterocycles. The predicted octanol–water partition coefficient (Wildman–Crippen LogP) is 1.78. The van der Waals surface area contributed by atoms with Gasteiger partial charge in [-0.2, -0.15) is 0 Å². The fourth-order valence-electron chi connectivity index (χ4n) is 3.52. The molecular formula is C18H32N4O6. The highest BCUT2D eigenvalue weighted by atomic mass is 16.7. The number of likely N-dealkylation sites (tertiary alicyclic amines) is 2. The molecule has 28 heavy (non-hydrogen) atoms. The smallest absolute Gasteiger partial charge is 0.410 e. The van der Waals surface area contributed by atoms with E-state index in [1.54, 1.807) is 10.4 Å². The third kappa shape index (κ3) is 6.23. The lowest BCUT2D eigenvalue weighted by molar-refractivity contribution is -0.141. The summed E-state index contributed by atoms with van der Waals surface area (Å²) in [7, 11) is 0. The van der Waals surface area contributed by atoms with Crippen LogP contribution >= 0.6 is 0 Å². The molecule has 2 saturated heterocycles. The van der Waals surface area contributed by atoms with Crippen molar-refractivity contribution in [2.45, 2.75) is 77.0 Å². The summed E-state index contributed by atoms with van der Waals surface area (Å²) >= 11 is 0. The molecule has 10 heteroatoms. The lowest BCUT2D eigenvalue weighted by Crippen LogP contribution is -2.55. The number of nitrogens with one attached hydrogen (secondary N) is 2. The van der Waals surface area contributed by atoms with Crippen LogP contribution in [0.2, 0.25) is 0 Å². The maximum atomic E-state index is 12.4. The monoisotopic (exact) mass is 400 g/mol. The molecule has 0 saturated carbocycles. The second kappa shape index (κ2) is 9.92. The Kier molecular flexibility index (Phi) is 7.88. The van der Waals surface area contributed by atoms with Gasteiger partial charge in [0, 0.05) is 13.1 Å². The predicted molar refractivity (Wildman–Crippen MR) is 99.3 cm³/mol. The zero-order chi connectivity index (χ0) is 20.7. The largest absolute Gasteiger partial charge is 0.444 e. The first-order chi connectivity index (χ1) is 13.2. The summed E-state index contributed by atoms with van der Waals surface area (Å²) in [5.41, 5.74) is 3.39. The number of carbonyl (C=O) groups excluding carboxylic acids is 3. The third-order valence-corrected chi connectivity index (χ3v) is 4.87. The van der Waals surface area contributed by atoms with Gasteiger partial charge < -0.3 is 14.5 Å². The summed E-state index contributed by atoms with van der Waals surface area (Å²) in [6.45, 7) is 6.57. The summed E-state index contributed by atoms with van der Waals surface area (Å²) in [6, 6.07) is -1.59. The molecular weight excluding hydrogens is 368 g/mol. The molecule has 160 valence electrons. The van der Waals surface area contributed by atoms with Crippen LogP contribution in [0, 0.1) is 0 Å². The molecule has 2 atom stereocenters. The van der Waals surface area contributed by atoms with Crippen molar-refractivity contribution < 1.29 is 29.2 Å². The van der Waals surface area contributed by atoms with Gasteiger partial charge in [0.05, 0.1) is 12.6 Å². The van der Waals surface area contributed by atoms with Crippen molar-refractivity contribution in [2.24, 2.45) is 0 Å². The maximum Gasteiger partial charge on any atom is 0.410 e. The highest BCUT2D eigenvalue weighted by molar-refractivity contribution is 5.86. The third-order valence-electron chi connectivity index (χ3n) is 4.87. The number of urea groups is 1. The Bertz CT molecular complexity index is 565. The van der Waals surface area contributed by atoms with Gasteiger partial charge in [-0.3, -0.25) is 14.8 Å². The Morgan fingerprint density at radius 3 is 2.32 bits per heavy atom. The number of carbonyl (C=O) groups is 3. The molecule has 0 radical (unpaired) electrons. The SMILES string of the molecule is CC(C)(C)OC(=O)N1CCCC[C@@H]1CONC(=O)[C@@H]1CCCCN1C(=O)NO. The Labute approximate surface area is 165 Å². The van der Waals surface area contributed by atoms with E-state index in [9.17, 15) is 14.4 Å². The number of hydrogen-bond acceptors (Lipinski definition) is 6. The molecule has 2 fully saturated rings. The normalized spacial score (nSPS) is 23.1. The van der Waals surface area contributed by atoms with Gasteiger partial charge in [-0.05, 0) is 59.3 Å². The van der Waals surface area contributed by atoms with Crippen molar-refractivity contribution in [1.29, 1.82) is 0 Å². The van der Waals surface area contributed by atoms with Crippen LogP contribution in [0.3, 0.4) is 0 Å². The standard InChI is InChI=1S/C18H32N4O6/c1-18(2,3)28-17(25)21-10-6-4-8-13(21)12-27-20-15(23)14-9-5-7-11-22(14)16(24)19-26/h13-14,26H,4-12H2,1-3H3,(H,19,24)(H,20,23)/t13-,14+/m1/s1. The average molecular weight is 400 g/mol. The van der Waals surface area contributed by atoms with Crippen molar-refractivity contribution in [3.8, 4) is 0 Å². The van der Waals surface area contributed by atoms with Gasteiger partial charge in [0.1, 0.15) is 11.6 Å². The van der Waals surface area contributed by atoms with E-state index in [-0.39, 0.29) is 18.7 Å². The molecule has 0 spiro atoms. The van der Waals surface area contributed by atoms with Gasteiger partial charge >= 0.3 is 12.1 Å². The zero-order valence-corrected chi connectivity index (χ0v) is 16.9. The fraction of sp³-hybridized carbons (Fsp3) is 0.833. The van der Waals surface area contributed by atoms with Crippen LogP contribution in [0.25, 0.3) is 0 Å². The molecule has 0 bridgehead atoms. The molecule has 10 nitrogen and oxygen atoms in total. The maximum absolute atomic E-state index is 12.4. The first kappa shape index (κ1) is 22.2. The van der Waals surface area contributed by atoms with Crippen molar-refractivity contribution in [3.05, 3.63) is 0 Å². The lowest BCUT2D eigenvalue weighted by atomic mass is 10.0. The quantitative estimate of drug-likeness (QED) is 0.489. The van der Waals surface area contributed by atoms with Crippen LogP contribution in [0.4, 0.5) is 9.59 Å². The van der Waals surface area contributed by atoms with Crippen LogP contribution in [-0.2, 0) is 14.4 Å². The number of rotatable bonds is 4. The number of ether oxygens (including phenoxy) is 1. The molecule has 0 unspecified atom stereocenters. The molecule has 0 aliphatic carbocycles. The topological polar surface area (TPSA) is 120 Å². The van der Waals surface area contributed by atoms with Crippen LogP contribution < -0.4 is 11.0 Å². The van der Waals surface area contributed by atoms with E-state index in [4.69, 9.17) is 14.8 Å². The fourth-order valence-corrected chi connectivity index (χ4v) is 3.52. The highest BCUT2D eigenvalue weighted by Crippen LogP contribution is 2.21. The molecule has 2 aliphatic heterocycles. The van der Waals surface area contributed by atoms with Crippen LogP contribution in [-0.4, -0.2) is 70.4 Å². The first-order valence-corrected chi connectivity index (χ1v) is 9.85. The Balaban J connectivity index is 1.86. The summed E-state index contributed by atoms with van der Waals surface area (Å²) in [5.74, 6) is -0.442. The van der Waals surface area contributed by atoms with Gasteiger partial charge in [0.15, 0.2) is 0 Å². The highest BCUT2D eigenvalue weighted by Gasteiger charge is 2.34. The summed E-state index contributed by atoms with van der Waals surface area (Å²) in [6.07, 6.45) is 4.32. The summed E-state index contributed by atoms with van der Waals surface area (Å²) in [4.78, 5) is 44.9. The molecule has 3 N–H and O–H groups in total. The van der Waals surface area contributed by atoms with Crippen LogP contribution in [0.1, 0.15) is 59.3 Å². The van der Waals surface area contributed by atoms with E-state index in [1.807, 2.05) is 20.8 Å². The average Bonchev–Trinajstić information content (AvgIpc) is 2.66. The van der Waals surface area contributed by atoms with E-state index in [2.05, 4.69) is 5.48 Å². The molecule has 2 aliphatic rings. The Hall–Kier alpha value is -2.07. The first-order valence-electron chi connectivity index (χ1n) is 9.85. The van der Waals surface area contributed by atoms with Gasteiger partial charge in [-0.25, -0.2) is 20.5 Å². The molecule has 2 rings (SSSR count).